The van der Waals surface area contributed by atoms with Crippen LogP contribution in [0.5, 0.6) is 0 Å². The van der Waals surface area contributed by atoms with E-state index in [1.54, 1.807) is 9.36 Å². The Morgan fingerprint density at radius 2 is 1.59 bits per heavy atom. The quantitative estimate of drug-likeness (QED) is 0.460. The average Bonchev–Trinajstić information content (AvgIpc) is 3.42. The Hall–Kier alpha value is -3.46. The number of rotatable bonds is 7. The lowest BCUT2D eigenvalue weighted by Gasteiger charge is -2.14. The number of amides is 1. The SMILES string of the molecule is CC(C)(C)c1cc(NC(=O)CSCc2nnnn2-c2ccccc2)n(-c2ccccc2)n1. The van der Waals surface area contributed by atoms with E-state index in [0.717, 1.165) is 17.1 Å². The number of hydrogen-bond donors (Lipinski definition) is 1. The van der Waals surface area contributed by atoms with Crippen LogP contribution in [0.25, 0.3) is 11.4 Å². The lowest BCUT2D eigenvalue weighted by molar-refractivity contribution is -0.113. The number of anilines is 1. The van der Waals surface area contributed by atoms with E-state index < -0.39 is 0 Å². The Labute approximate surface area is 191 Å². The Morgan fingerprint density at radius 3 is 2.22 bits per heavy atom. The molecule has 1 amide bonds. The van der Waals surface area contributed by atoms with Gasteiger partial charge in [-0.2, -0.15) is 9.78 Å². The standard InChI is InChI=1S/C23H25N7OS/c1-23(2,3)19-14-20(29(26-19)17-10-6-4-7-11-17)24-22(31)16-32-15-21-25-27-28-30(21)18-12-8-5-9-13-18/h4-14H,15-16H2,1-3H3,(H,24,31). The van der Waals surface area contributed by atoms with Crippen LogP contribution in [0.15, 0.2) is 66.7 Å². The van der Waals surface area contributed by atoms with Crippen molar-refractivity contribution < 1.29 is 4.79 Å². The Morgan fingerprint density at radius 1 is 0.969 bits per heavy atom. The van der Waals surface area contributed by atoms with E-state index >= 15 is 0 Å². The van der Waals surface area contributed by atoms with Crippen LogP contribution < -0.4 is 5.32 Å². The van der Waals surface area contributed by atoms with Crippen molar-refractivity contribution in [2.24, 2.45) is 0 Å². The second kappa shape index (κ2) is 9.35. The van der Waals surface area contributed by atoms with Gasteiger partial charge < -0.3 is 5.32 Å². The normalized spacial score (nSPS) is 11.5. The summed E-state index contributed by atoms with van der Waals surface area (Å²) in [7, 11) is 0. The van der Waals surface area contributed by atoms with Crippen LogP contribution in [0.2, 0.25) is 0 Å². The number of hydrogen-bond acceptors (Lipinski definition) is 6. The van der Waals surface area contributed by atoms with Gasteiger partial charge in [0.1, 0.15) is 5.82 Å². The molecule has 164 valence electrons. The molecule has 0 bridgehead atoms. The van der Waals surface area contributed by atoms with E-state index in [1.165, 1.54) is 11.8 Å². The summed E-state index contributed by atoms with van der Waals surface area (Å²) in [5.74, 6) is 2.03. The summed E-state index contributed by atoms with van der Waals surface area (Å²) in [6.45, 7) is 6.30. The highest BCUT2D eigenvalue weighted by Crippen LogP contribution is 2.26. The van der Waals surface area contributed by atoms with Gasteiger partial charge in [0.15, 0.2) is 5.82 Å². The predicted molar refractivity (Wildman–Crippen MR) is 126 cm³/mol. The lowest BCUT2D eigenvalue weighted by Crippen LogP contribution is -2.17. The lowest BCUT2D eigenvalue weighted by atomic mass is 9.92. The smallest absolute Gasteiger partial charge is 0.235 e. The molecule has 0 radical (unpaired) electrons. The second-order valence-electron chi connectivity index (χ2n) is 8.30. The maximum atomic E-state index is 12.7. The Kier molecular flexibility index (Phi) is 6.36. The summed E-state index contributed by atoms with van der Waals surface area (Å²) in [4.78, 5) is 12.7. The van der Waals surface area contributed by atoms with Gasteiger partial charge in [0, 0.05) is 11.5 Å². The van der Waals surface area contributed by atoms with Crippen LogP contribution in [0.1, 0.15) is 32.3 Å². The van der Waals surface area contributed by atoms with E-state index in [4.69, 9.17) is 5.10 Å². The van der Waals surface area contributed by atoms with Crippen molar-refractivity contribution >= 4 is 23.5 Å². The summed E-state index contributed by atoms with van der Waals surface area (Å²) < 4.78 is 3.46. The number of nitrogens with zero attached hydrogens (tertiary/aromatic N) is 6. The molecule has 1 N–H and O–H groups in total. The fraction of sp³-hybridized carbons (Fsp3) is 0.261. The van der Waals surface area contributed by atoms with Crippen LogP contribution in [0.4, 0.5) is 5.82 Å². The molecule has 2 heterocycles. The highest BCUT2D eigenvalue weighted by molar-refractivity contribution is 7.99. The maximum absolute atomic E-state index is 12.7. The molecule has 32 heavy (non-hydrogen) atoms. The summed E-state index contributed by atoms with van der Waals surface area (Å²) >= 11 is 1.46. The zero-order chi connectivity index (χ0) is 22.6. The van der Waals surface area contributed by atoms with Crippen LogP contribution in [-0.2, 0) is 16.0 Å². The number of nitrogens with one attached hydrogen (secondary N) is 1. The molecule has 2 aromatic carbocycles. The number of aromatic nitrogens is 6. The summed E-state index contributed by atoms with van der Waals surface area (Å²) in [5.41, 5.74) is 2.56. The van der Waals surface area contributed by atoms with Gasteiger partial charge in [-0.25, -0.2) is 4.68 Å². The first-order valence-corrected chi connectivity index (χ1v) is 11.4. The summed E-state index contributed by atoms with van der Waals surface area (Å²) in [6.07, 6.45) is 0. The maximum Gasteiger partial charge on any atom is 0.235 e. The molecule has 0 fully saturated rings. The van der Waals surface area contributed by atoms with Crippen LogP contribution in [0, 0.1) is 0 Å². The Bertz CT molecular complexity index is 1180. The van der Waals surface area contributed by atoms with Crippen molar-refractivity contribution in [2.45, 2.75) is 31.9 Å². The number of tetrazole rings is 1. The van der Waals surface area contributed by atoms with Gasteiger partial charge in [-0.15, -0.1) is 16.9 Å². The molecule has 2 aromatic heterocycles. The fourth-order valence-electron chi connectivity index (χ4n) is 3.08. The average molecular weight is 448 g/mol. The fourth-order valence-corrected chi connectivity index (χ4v) is 3.80. The van der Waals surface area contributed by atoms with Crippen LogP contribution in [-0.4, -0.2) is 41.6 Å². The molecule has 0 unspecified atom stereocenters. The third-order valence-electron chi connectivity index (χ3n) is 4.75. The van der Waals surface area contributed by atoms with Crippen LogP contribution in [0.3, 0.4) is 0 Å². The van der Waals surface area contributed by atoms with E-state index in [0.29, 0.717) is 17.4 Å². The molecule has 0 saturated carbocycles. The molecule has 0 atom stereocenters. The van der Waals surface area contributed by atoms with Crippen LogP contribution >= 0.6 is 11.8 Å². The molecule has 0 saturated heterocycles. The number of carbonyl (C=O) groups is 1. The molecule has 0 aliphatic rings. The van der Waals surface area contributed by atoms with Crippen molar-refractivity contribution in [2.75, 3.05) is 11.1 Å². The van der Waals surface area contributed by atoms with Gasteiger partial charge in [-0.05, 0) is 34.7 Å². The minimum atomic E-state index is -0.136. The summed E-state index contributed by atoms with van der Waals surface area (Å²) in [5, 5.41) is 19.7. The van der Waals surface area contributed by atoms with Gasteiger partial charge in [-0.3, -0.25) is 4.79 Å². The highest BCUT2D eigenvalue weighted by atomic mass is 32.2. The molecule has 0 aliphatic carbocycles. The first kappa shape index (κ1) is 21.8. The van der Waals surface area contributed by atoms with Crippen molar-refractivity contribution in [3.8, 4) is 11.4 Å². The molecule has 4 rings (SSSR count). The zero-order valence-corrected chi connectivity index (χ0v) is 19.1. The number of benzene rings is 2. The van der Waals surface area contributed by atoms with Gasteiger partial charge in [0.25, 0.3) is 0 Å². The monoisotopic (exact) mass is 447 g/mol. The second-order valence-corrected chi connectivity index (χ2v) is 9.28. The first-order chi connectivity index (χ1) is 15.4. The van der Waals surface area contributed by atoms with Gasteiger partial charge in [-0.1, -0.05) is 57.2 Å². The molecule has 0 aliphatic heterocycles. The molecule has 8 nitrogen and oxygen atoms in total. The largest absolute Gasteiger partial charge is 0.310 e. The molecule has 4 aromatic rings. The molecular weight excluding hydrogens is 422 g/mol. The van der Waals surface area contributed by atoms with E-state index in [1.807, 2.05) is 66.7 Å². The van der Waals surface area contributed by atoms with E-state index in [-0.39, 0.29) is 17.1 Å². The number of thioether (sulfide) groups is 1. The minimum absolute atomic E-state index is 0.105. The van der Waals surface area contributed by atoms with E-state index in [2.05, 4.69) is 41.6 Å². The highest BCUT2D eigenvalue weighted by Gasteiger charge is 2.21. The minimum Gasteiger partial charge on any atom is -0.310 e. The van der Waals surface area contributed by atoms with Crippen molar-refractivity contribution in [1.82, 2.24) is 30.0 Å². The van der Waals surface area contributed by atoms with Gasteiger partial charge in [0.2, 0.25) is 5.91 Å². The zero-order valence-electron chi connectivity index (χ0n) is 18.3. The molecular formula is C23H25N7OS. The number of para-hydroxylation sites is 2. The molecule has 0 spiro atoms. The van der Waals surface area contributed by atoms with Crippen molar-refractivity contribution in [3.63, 3.8) is 0 Å². The van der Waals surface area contributed by atoms with Crippen molar-refractivity contribution in [3.05, 3.63) is 78.2 Å². The van der Waals surface area contributed by atoms with Gasteiger partial charge in [0.05, 0.1) is 28.6 Å². The molecule has 9 heteroatoms. The Balaban J connectivity index is 1.43. The third-order valence-corrected chi connectivity index (χ3v) is 5.67. The topological polar surface area (TPSA) is 90.5 Å². The van der Waals surface area contributed by atoms with Gasteiger partial charge >= 0.3 is 0 Å². The predicted octanol–water partition coefficient (Wildman–Crippen LogP) is 4.02. The van der Waals surface area contributed by atoms with E-state index in [9.17, 15) is 4.79 Å². The van der Waals surface area contributed by atoms with Crippen molar-refractivity contribution in [1.29, 1.82) is 0 Å². The summed E-state index contributed by atoms with van der Waals surface area (Å²) in [6, 6.07) is 21.4. The first-order valence-electron chi connectivity index (χ1n) is 10.3. The third kappa shape index (κ3) is 5.05. The number of carbonyl (C=O) groups excluding carboxylic acids is 1.